The number of ketones is 1. The summed E-state index contributed by atoms with van der Waals surface area (Å²) in [4.78, 5) is 15.6. The van der Waals surface area contributed by atoms with Crippen molar-refractivity contribution in [2.24, 2.45) is 0 Å². The van der Waals surface area contributed by atoms with E-state index >= 15 is 0 Å². The van der Waals surface area contributed by atoms with E-state index in [0.717, 1.165) is 0 Å². The van der Waals surface area contributed by atoms with Crippen molar-refractivity contribution in [3.05, 3.63) is 30.1 Å². The van der Waals surface area contributed by atoms with Gasteiger partial charge in [-0.3, -0.25) is 9.78 Å². The highest BCUT2D eigenvalue weighted by atomic mass is 127. The molecule has 0 saturated carbocycles. The van der Waals surface area contributed by atoms with Gasteiger partial charge in [-0.1, -0.05) is 0 Å². The first-order valence-electron chi connectivity index (χ1n) is 4.83. The second-order valence-corrected chi connectivity index (χ2v) is 4.59. The third kappa shape index (κ3) is 5.00. The maximum atomic E-state index is 11.7. The SMILES string of the molecule is C[N+](C)(C)CC(O)C(=O)c1cccnc1.[I-]. The fraction of sp³-hybridized carbons (Fsp3) is 0.455. The predicted octanol–water partition coefficient (Wildman–Crippen LogP) is -2.66. The van der Waals surface area contributed by atoms with Gasteiger partial charge in [0.25, 0.3) is 0 Å². The summed E-state index contributed by atoms with van der Waals surface area (Å²) in [5.41, 5.74) is 0.457. The molecule has 0 aliphatic rings. The molecule has 0 fully saturated rings. The molecule has 0 bridgehead atoms. The molecule has 1 aromatic heterocycles. The third-order valence-electron chi connectivity index (χ3n) is 1.97. The molecule has 0 aliphatic carbocycles. The number of hydrogen-bond donors (Lipinski definition) is 1. The van der Waals surface area contributed by atoms with Crippen molar-refractivity contribution in [3.8, 4) is 0 Å². The zero-order valence-electron chi connectivity index (χ0n) is 9.72. The first kappa shape index (κ1) is 15.5. The Bertz CT molecular complexity index is 336. The number of carbonyl (C=O) groups is 1. The van der Waals surface area contributed by atoms with Gasteiger partial charge in [0.05, 0.1) is 21.1 Å². The second-order valence-electron chi connectivity index (χ2n) is 4.59. The van der Waals surface area contributed by atoms with Gasteiger partial charge in [0.2, 0.25) is 0 Å². The van der Waals surface area contributed by atoms with Crippen LogP contribution >= 0.6 is 0 Å². The van der Waals surface area contributed by atoms with Crippen LogP contribution in [0.4, 0.5) is 0 Å². The molecule has 0 saturated heterocycles. The zero-order valence-corrected chi connectivity index (χ0v) is 11.9. The summed E-state index contributed by atoms with van der Waals surface area (Å²) >= 11 is 0. The van der Waals surface area contributed by atoms with Crippen molar-refractivity contribution in [1.82, 2.24) is 4.98 Å². The van der Waals surface area contributed by atoms with Crippen LogP contribution in [-0.4, -0.2) is 54.1 Å². The van der Waals surface area contributed by atoms with Crippen molar-refractivity contribution in [1.29, 1.82) is 0 Å². The zero-order chi connectivity index (χ0) is 11.5. The van der Waals surface area contributed by atoms with Crippen LogP contribution in [0.1, 0.15) is 10.4 Å². The Kier molecular flexibility index (Phi) is 6.06. The number of aliphatic hydroxyl groups excluding tert-OH is 1. The average molecular weight is 336 g/mol. The average Bonchev–Trinajstić information content (AvgIpc) is 2.15. The Labute approximate surface area is 113 Å². The Morgan fingerprint density at radius 3 is 2.56 bits per heavy atom. The number of rotatable bonds is 4. The number of aromatic nitrogens is 1. The van der Waals surface area contributed by atoms with Gasteiger partial charge in [-0.05, 0) is 12.1 Å². The van der Waals surface area contributed by atoms with E-state index in [1.54, 1.807) is 18.3 Å². The molecule has 16 heavy (non-hydrogen) atoms. The lowest BCUT2D eigenvalue weighted by Crippen LogP contribution is -3.00. The number of likely N-dealkylation sites (N-methyl/N-ethyl adjacent to an activating group) is 1. The lowest BCUT2D eigenvalue weighted by atomic mass is 10.1. The van der Waals surface area contributed by atoms with Gasteiger partial charge in [-0.25, -0.2) is 0 Å². The highest BCUT2D eigenvalue weighted by Gasteiger charge is 2.23. The van der Waals surface area contributed by atoms with Gasteiger partial charge in [0.15, 0.2) is 11.9 Å². The molecular weight excluding hydrogens is 319 g/mol. The van der Waals surface area contributed by atoms with E-state index < -0.39 is 6.10 Å². The van der Waals surface area contributed by atoms with E-state index in [9.17, 15) is 9.90 Å². The molecule has 1 atom stereocenters. The van der Waals surface area contributed by atoms with Crippen molar-refractivity contribution in [2.75, 3.05) is 27.7 Å². The topological polar surface area (TPSA) is 50.2 Å². The van der Waals surface area contributed by atoms with E-state index in [2.05, 4.69) is 4.98 Å². The van der Waals surface area contributed by atoms with E-state index in [1.807, 2.05) is 21.1 Å². The van der Waals surface area contributed by atoms with Crippen LogP contribution in [0, 0.1) is 0 Å². The molecule has 0 spiro atoms. The molecule has 0 aromatic carbocycles. The van der Waals surface area contributed by atoms with Gasteiger partial charge >= 0.3 is 0 Å². The predicted molar refractivity (Wildman–Crippen MR) is 57.5 cm³/mol. The van der Waals surface area contributed by atoms with E-state index in [0.29, 0.717) is 16.6 Å². The quantitative estimate of drug-likeness (QED) is 0.371. The molecule has 1 heterocycles. The van der Waals surface area contributed by atoms with Crippen LogP contribution in [0.3, 0.4) is 0 Å². The third-order valence-corrected chi connectivity index (χ3v) is 1.97. The number of quaternary nitrogens is 1. The van der Waals surface area contributed by atoms with Crippen molar-refractivity contribution in [2.45, 2.75) is 6.10 Å². The van der Waals surface area contributed by atoms with Crippen LogP contribution in [0.15, 0.2) is 24.5 Å². The normalized spacial score (nSPS) is 12.8. The lowest BCUT2D eigenvalue weighted by molar-refractivity contribution is -0.872. The smallest absolute Gasteiger partial charge is 0.198 e. The summed E-state index contributed by atoms with van der Waals surface area (Å²) in [6.07, 6.45) is 2.11. The summed E-state index contributed by atoms with van der Waals surface area (Å²) in [6.45, 7) is 0.397. The summed E-state index contributed by atoms with van der Waals surface area (Å²) in [7, 11) is 5.79. The van der Waals surface area contributed by atoms with Crippen molar-refractivity contribution < 1.29 is 38.4 Å². The minimum absolute atomic E-state index is 0. The number of pyridine rings is 1. The van der Waals surface area contributed by atoms with E-state index in [1.165, 1.54) is 6.20 Å². The van der Waals surface area contributed by atoms with Crippen molar-refractivity contribution >= 4 is 5.78 Å². The molecule has 0 aliphatic heterocycles. The highest BCUT2D eigenvalue weighted by Crippen LogP contribution is 2.04. The summed E-state index contributed by atoms with van der Waals surface area (Å²) in [5.74, 6) is -0.267. The van der Waals surface area contributed by atoms with Gasteiger partial charge in [-0.2, -0.15) is 0 Å². The van der Waals surface area contributed by atoms with E-state index in [-0.39, 0.29) is 29.8 Å². The van der Waals surface area contributed by atoms with Gasteiger partial charge in [0, 0.05) is 18.0 Å². The summed E-state index contributed by atoms with van der Waals surface area (Å²) < 4.78 is 0.549. The maximum absolute atomic E-state index is 11.7. The van der Waals surface area contributed by atoms with Crippen LogP contribution in [0.25, 0.3) is 0 Å². The minimum atomic E-state index is -0.964. The summed E-state index contributed by atoms with van der Waals surface area (Å²) in [6, 6.07) is 3.35. The summed E-state index contributed by atoms with van der Waals surface area (Å²) in [5, 5.41) is 9.71. The standard InChI is InChI=1S/C11H17N2O2.HI/c1-13(2,3)8-10(14)11(15)9-5-4-6-12-7-9;/h4-7,10,14H,8H2,1-3H3;1H/q+1;/p-1. The largest absolute Gasteiger partial charge is 1.00 e. The lowest BCUT2D eigenvalue weighted by Gasteiger charge is -2.26. The van der Waals surface area contributed by atoms with Gasteiger partial charge < -0.3 is 33.6 Å². The van der Waals surface area contributed by atoms with Crippen LogP contribution in [0.5, 0.6) is 0 Å². The number of Topliss-reactive ketones (excluding diaryl/α,β-unsaturated/α-hetero) is 1. The molecule has 1 rings (SSSR count). The Hall–Kier alpha value is -0.530. The van der Waals surface area contributed by atoms with Crippen molar-refractivity contribution in [3.63, 3.8) is 0 Å². The molecular formula is C11H17IN2O2. The van der Waals surface area contributed by atoms with Gasteiger partial charge in [0.1, 0.15) is 6.54 Å². The minimum Gasteiger partial charge on any atom is -1.00 e. The Balaban J connectivity index is 0.00000225. The molecule has 1 unspecified atom stereocenters. The number of carbonyl (C=O) groups excluding carboxylic acids is 1. The van der Waals surface area contributed by atoms with Gasteiger partial charge in [-0.15, -0.1) is 0 Å². The first-order chi connectivity index (χ1) is 6.90. The highest BCUT2D eigenvalue weighted by molar-refractivity contribution is 5.99. The Morgan fingerprint density at radius 1 is 1.50 bits per heavy atom. The molecule has 0 amide bonds. The van der Waals surface area contributed by atoms with Crippen LogP contribution < -0.4 is 24.0 Å². The number of halogens is 1. The second kappa shape index (κ2) is 6.27. The molecule has 0 radical (unpaired) electrons. The number of hydrogen-bond acceptors (Lipinski definition) is 3. The molecule has 4 nitrogen and oxygen atoms in total. The fourth-order valence-electron chi connectivity index (χ4n) is 1.30. The van der Waals surface area contributed by atoms with Crippen LogP contribution in [-0.2, 0) is 0 Å². The molecule has 1 N–H and O–H groups in total. The van der Waals surface area contributed by atoms with E-state index in [4.69, 9.17) is 0 Å². The molecule has 1 aromatic rings. The number of aliphatic hydroxyl groups is 1. The van der Waals surface area contributed by atoms with Crippen LogP contribution in [0.2, 0.25) is 0 Å². The fourth-order valence-corrected chi connectivity index (χ4v) is 1.30. The molecule has 5 heteroatoms. The molecule has 90 valence electrons. The Morgan fingerprint density at radius 2 is 2.12 bits per heavy atom. The monoisotopic (exact) mass is 336 g/mol. The number of nitrogens with zero attached hydrogens (tertiary/aromatic N) is 2. The first-order valence-corrected chi connectivity index (χ1v) is 4.83. The maximum Gasteiger partial charge on any atom is 0.198 e.